The van der Waals surface area contributed by atoms with Crippen molar-refractivity contribution in [1.82, 2.24) is 25.1 Å². The molecular weight excluding hydrogens is 192 g/mol. The summed E-state index contributed by atoms with van der Waals surface area (Å²) in [5.74, 6) is 0.777. The van der Waals surface area contributed by atoms with Crippen LogP contribution in [0.4, 0.5) is 0 Å². The minimum absolute atomic E-state index is 0.760. The lowest BCUT2D eigenvalue weighted by molar-refractivity contribution is 0.309. The van der Waals surface area contributed by atoms with E-state index in [4.69, 9.17) is 5.73 Å². The molecule has 0 aliphatic rings. The van der Waals surface area contributed by atoms with Crippen molar-refractivity contribution in [3.05, 3.63) is 5.82 Å². The van der Waals surface area contributed by atoms with Crippen molar-refractivity contribution in [1.29, 1.82) is 0 Å². The van der Waals surface area contributed by atoms with Crippen LogP contribution < -0.4 is 5.73 Å². The van der Waals surface area contributed by atoms with Gasteiger partial charge in [0.05, 0.1) is 13.6 Å². The lowest BCUT2D eigenvalue weighted by Gasteiger charge is -2.13. The molecule has 0 spiro atoms. The van der Waals surface area contributed by atoms with Gasteiger partial charge in [-0.2, -0.15) is 4.80 Å². The molecule has 0 aliphatic carbocycles. The molecule has 0 saturated carbocycles. The summed E-state index contributed by atoms with van der Waals surface area (Å²) in [6, 6.07) is 0. The zero-order valence-electron chi connectivity index (χ0n) is 9.56. The minimum atomic E-state index is 0.760. The van der Waals surface area contributed by atoms with E-state index in [0.717, 1.165) is 31.9 Å². The fourth-order valence-corrected chi connectivity index (χ4v) is 1.41. The average molecular weight is 212 g/mol. The molecule has 6 heteroatoms. The van der Waals surface area contributed by atoms with E-state index in [9.17, 15) is 0 Å². The summed E-state index contributed by atoms with van der Waals surface area (Å²) < 4.78 is 0. The van der Waals surface area contributed by atoms with Crippen molar-refractivity contribution < 1.29 is 0 Å². The highest BCUT2D eigenvalue weighted by Gasteiger charge is 2.04. The van der Waals surface area contributed by atoms with Gasteiger partial charge in [-0.3, -0.25) is 4.90 Å². The van der Waals surface area contributed by atoms with Gasteiger partial charge in [0.2, 0.25) is 0 Å². The van der Waals surface area contributed by atoms with Crippen LogP contribution in [-0.4, -0.2) is 45.2 Å². The van der Waals surface area contributed by atoms with Crippen LogP contribution in [0.1, 0.15) is 25.1 Å². The van der Waals surface area contributed by atoms with Crippen LogP contribution in [0.25, 0.3) is 0 Å². The first-order valence-corrected chi connectivity index (χ1v) is 5.34. The maximum absolute atomic E-state index is 5.43. The van der Waals surface area contributed by atoms with Crippen LogP contribution in [0.3, 0.4) is 0 Å². The van der Waals surface area contributed by atoms with Crippen molar-refractivity contribution in [2.75, 3.05) is 20.1 Å². The molecule has 0 fully saturated rings. The number of rotatable bonds is 7. The summed E-state index contributed by atoms with van der Waals surface area (Å²) in [6.45, 7) is 2.60. The summed E-state index contributed by atoms with van der Waals surface area (Å²) in [4.78, 5) is 3.69. The van der Waals surface area contributed by atoms with Crippen molar-refractivity contribution in [3.8, 4) is 0 Å². The Balaban J connectivity index is 2.15. The molecule has 0 bridgehead atoms. The molecule has 1 aromatic rings. The Morgan fingerprint density at radius 2 is 2.13 bits per heavy atom. The summed E-state index contributed by atoms with van der Waals surface area (Å²) >= 11 is 0. The second-order valence-electron chi connectivity index (χ2n) is 3.78. The molecule has 1 heterocycles. The van der Waals surface area contributed by atoms with E-state index in [1.807, 2.05) is 0 Å². The SMILES string of the molecule is CN(CCCCCN)Cc1nnn(C)n1. The van der Waals surface area contributed by atoms with Crippen LogP contribution in [0.5, 0.6) is 0 Å². The number of tetrazole rings is 1. The van der Waals surface area contributed by atoms with Gasteiger partial charge < -0.3 is 5.73 Å². The Kier molecular flexibility index (Phi) is 5.20. The van der Waals surface area contributed by atoms with Crippen LogP contribution in [0.15, 0.2) is 0 Å². The zero-order valence-corrected chi connectivity index (χ0v) is 9.56. The predicted molar refractivity (Wildman–Crippen MR) is 58.0 cm³/mol. The Labute approximate surface area is 90.4 Å². The fraction of sp³-hybridized carbons (Fsp3) is 0.889. The normalized spacial score (nSPS) is 11.2. The van der Waals surface area contributed by atoms with Gasteiger partial charge in [0, 0.05) is 0 Å². The second-order valence-corrected chi connectivity index (χ2v) is 3.78. The third-order valence-electron chi connectivity index (χ3n) is 2.21. The molecule has 0 radical (unpaired) electrons. The van der Waals surface area contributed by atoms with E-state index in [1.54, 1.807) is 7.05 Å². The second kappa shape index (κ2) is 6.47. The van der Waals surface area contributed by atoms with E-state index in [0.29, 0.717) is 0 Å². The summed E-state index contributed by atoms with van der Waals surface area (Å²) in [5, 5.41) is 11.9. The van der Waals surface area contributed by atoms with Gasteiger partial charge in [-0.15, -0.1) is 10.2 Å². The lowest BCUT2D eigenvalue weighted by Crippen LogP contribution is -2.20. The van der Waals surface area contributed by atoms with Crippen molar-refractivity contribution in [2.45, 2.75) is 25.8 Å². The van der Waals surface area contributed by atoms with Gasteiger partial charge >= 0.3 is 0 Å². The number of aromatic nitrogens is 4. The maximum atomic E-state index is 5.43. The van der Waals surface area contributed by atoms with Crippen molar-refractivity contribution in [3.63, 3.8) is 0 Å². The zero-order chi connectivity index (χ0) is 11.1. The molecule has 15 heavy (non-hydrogen) atoms. The molecule has 0 unspecified atom stereocenters. The number of hydrogen-bond acceptors (Lipinski definition) is 5. The summed E-state index contributed by atoms with van der Waals surface area (Å²) in [7, 11) is 3.84. The quantitative estimate of drug-likeness (QED) is 0.632. The third kappa shape index (κ3) is 4.85. The Hall–Kier alpha value is -1.01. The van der Waals surface area contributed by atoms with Gasteiger partial charge in [0.1, 0.15) is 0 Å². The van der Waals surface area contributed by atoms with E-state index >= 15 is 0 Å². The largest absolute Gasteiger partial charge is 0.330 e. The van der Waals surface area contributed by atoms with Crippen LogP contribution in [0.2, 0.25) is 0 Å². The fourth-order valence-electron chi connectivity index (χ4n) is 1.41. The molecular formula is C9H20N6. The molecule has 0 aromatic carbocycles. The molecule has 86 valence electrons. The van der Waals surface area contributed by atoms with Crippen LogP contribution in [-0.2, 0) is 13.6 Å². The van der Waals surface area contributed by atoms with E-state index in [-0.39, 0.29) is 0 Å². The molecule has 2 N–H and O–H groups in total. The van der Waals surface area contributed by atoms with E-state index in [2.05, 4.69) is 27.4 Å². The number of unbranched alkanes of at least 4 members (excludes halogenated alkanes) is 2. The number of hydrogen-bond donors (Lipinski definition) is 1. The van der Waals surface area contributed by atoms with Gasteiger partial charge in [-0.05, 0) is 38.2 Å². The highest BCUT2D eigenvalue weighted by molar-refractivity contribution is 4.75. The molecule has 0 atom stereocenters. The smallest absolute Gasteiger partial charge is 0.188 e. The molecule has 0 aliphatic heterocycles. The minimum Gasteiger partial charge on any atom is -0.330 e. The van der Waals surface area contributed by atoms with Gasteiger partial charge in [0.25, 0.3) is 0 Å². The van der Waals surface area contributed by atoms with Crippen LogP contribution >= 0.6 is 0 Å². The maximum Gasteiger partial charge on any atom is 0.188 e. The summed E-state index contributed by atoms with van der Waals surface area (Å²) in [5.41, 5.74) is 5.43. The molecule has 1 rings (SSSR count). The van der Waals surface area contributed by atoms with Gasteiger partial charge in [-0.1, -0.05) is 6.42 Å². The topological polar surface area (TPSA) is 72.9 Å². The highest BCUT2D eigenvalue weighted by Crippen LogP contribution is 1.99. The molecule has 1 aromatic heterocycles. The lowest BCUT2D eigenvalue weighted by atomic mass is 10.2. The molecule has 0 saturated heterocycles. The first-order valence-electron chi connectivity index (χ1n) is 5.34. The Morgan fingerprint density at radius 1 is 1.33 bits per heavy atom. The van der Waals surface area contributed by atoms with E-state index in [1.165, 1.54) is 17.6 Å². The Bertz CT molecular complexity index is 271. The number of nitrogens with two attached hydrogens (primary N) is 1. The molecule has 0 amide bonds. The Morgan fingerprint density at radius 3 is 2.73 bits per heavy atom. The first kappa shape index (κ1) is 12.1. The number of nitrogens with zero attached hydrogens (tertiary/aromatic N) is 5. The molecule has 6 nitrogen and oxygen atoms in total. The predicted octanol–water partition coefficient (Wildman–Crippen LogP) is -0.229. The number of aryl methyl sites for hydroxylation is 1. The van der Waals surface area contributed by atoms with Crippen molar-refractivity contribution >= 4 is 0 Å². The third-order valence-corrected chi connectivity index (χ3v) is 2.21. The van der Waals surface area contributed by atoms with E-state index < -0.39 is 0 Å². The highest BCUT2D eigenvalue weighted by atomic mass is 15.6. The van der Waals surface area contributed by atoms with Crippen molar-refractivity contribution in [2.24, 2.45) is 12.8 Å². The summed E-state index contributed by atoms with van der Waals surface area (Å²) in [6.07, 6.45) is 3.47. The van der Waals surface area contributed by atoms with Gasteiger partial charge in [-0.25, -0.2) is 0 Å². The van der Waals surface area contributed by atoms with Crippen LogP contribution in [0, 0.1) is 0 Å². The average Bonchev–Trinajstić information content (AvgIpc) is 2.59. The monoisotopic (exact) mass is 212 g/mol. The standard InChI is InChI=1S/C9H20N6/c1-14(7-5-3-4-6-10)8-9-11-13-15(2)12-9/h3-8,10H2,1-2H3. The first-order chi connectivity index (χ1) is 7.22. The van der Waals surface area contributed by atoms with Gasteiger partial charge in [0.15, 0.2) is 5.82 Å².